The summed E-state index contributed by atoms with van der Waals surface area (Å²) in [4.78, 5) is 61.4. The Labute approximate surface area is 364 Å². The number of rotatable bonds is 9. The van der Waals surface area contributed by atoms with Crippen LogP contribution in [-0.4, -0.2) is 118 Å². The minimum Gasteiger partial charge on any atom is -0.384 e. The number of piperidine rings is 1. The van der Waals surface area contributed by atoms with Crippen molar-refractivity contribution < 1.29 is 24.2 Å². The molecule has 2 bridgehead atoms. The van der Waals surface area contributed by atoms with Crippen molar-refractivity contribution in [1.29, 1.82) is 0 Å². The highest BCUT2D eigenvalue weighted by Gasteiger charge is 2.42. The van der Waals surface area contributed by atoms with Gasteiger partial charge in [-0.25, -0.2) is 14.3 Å². The summed E-state index contributed by atoms with van der Waals surface area (Å²) in [7, 11) is 1.69. The number of carbonyl (C=O) groups excluding carboxylic acids is 3. The van der Waals surface area contributed by atoms with E-state index in [1.807, 2.05) is 41.3 Å². The van der Waals surface area contributed by atoms with Gasteiger partial charge in [0.1, 0.15) is 22.9 Å². The fraction of sp³-hybridized carbons (Fsp3) is 0.543. The van der Waals surface area contributed by atoms with E-state index < -0.39 is 17.6 Å². The van der Waals surface area contributed by atoms with Gasteiger partial charge in [0.2, 0.25) is 11.8 Å². The average Bonchev–Trinajstić information content (AvgIpc) is 4.12. The van der Waals surface area contributed by atoms with Crippen molar-refractivity contribution in [2.24, 2.45) is 18.9 Å². The van der Waals surface area contributed by atoms with Crippen LogP contribution in [-0.2, 0) is 27.0 Å². The molecule has 2 aliphatic carbocycles. The number of nitrogens with one attached hydrogen (secondary N) is 2. The largest absolute Gasteiger partial charge is 0.384 e. The monoisotopic (exact) mass is 857 g/mol. The van der Waals surface area contributed by atoms with Crippen LogP contribution >= 0.6 is 0 Å². The molecule has 3 saturated heterocycles. The number of nitrogens with zero attached hydrogens (tertiary/aromatic N) is 9. The fourth-order valence-electron chi connectivity index (χ4n) is 10.7. The van der Waals surface area contributed by atoms with Gasteiger partial charge >= 0.3 is 5.69 Å². The lowest BCUT2D eigenvalue weighted by molar-refractivity contribution is -0.135. The van der Waals surface area contributed by atoms with Crippen LogP contribution in [0.25, 0.3) is 16.7 Å². The third-order valence-electron chi connectivity index (χ3n) is 14.1. The second kappa shape index (κ2) is 16.5. The Balaban J connectivity index is 0.728. The van der Waals surface area contributed by atoms with Crippen molar-refractivity contribution in [1.82, 2.24) is 48.6 Å². The number of imide groups is 1. The van der Waals surface area contributed by atoms with E-state index in [-0.39, 0.29) is 36.4 Å². The molecule has 4 aromatic heterocycles. The molecular formula is C46H55N11O6. The maximum atomic E-state index is 13.8. The number of imidazole rings is 1. The lowest BCUT2D eigenvalue weighted by atomic mass is 9.85. The molecule has 7 heterocycles. The fourth-order valence-corrected chi connectivity index (χ4v) is 10.7. The van der Waals surface area contributed by atoms with E-state index in [1.165, 1.54) is 4.57 Å². The highest BCUT2D eigenvalue weighted by atomic mass is 16.5. The number of aryl methyl sites for hydroxylation is 1. The number of fused-ring (bicyclic) bond motifs is 4. The minimum atomic E-state index is -1.27. The Morgan fingerprint density at radius 3 is 2.56 bits per heavy atom. The summed E-state index contributed by atoms with van der Waals surface area (Å²) in [6.07, 6.45) is 12.2. The van der Waals surface area contributed by atoms with Crippen molar-refractivity contribution in [2.45, 2.75) is 94.9 Å². The molecule has 0 spiro atoms. The second-order valence-corrected chi connectivity index (χ2v) is 18.8. The number of ether oxygens (including phenoxy) is 1. The van der Waals surface area contributed by atoms with Gasteiger partial charge in [-0.1, -0.05) is 17.9 Å². The van der Waals surface area contributed by atoms with Crippen LogP contribution in [0.1, 0.15) is 111 Å². The highest BCUT2D eigenvalue weighted by Crippen LogP contribution is 2.45. The number of amides is 3. The van der Waals surface area contributed by atoms with E-state index in [2.05, 4.69) is 37.4 Å². The van der Waals surface area contributed by atoms with Gasteiger partial charge in [-0.2, -0.15) is 10.2 Å². The Bertz CT molecular complexity index is 2710. The molecule has 5 aromatic rings. The quantitative estimate of drug-likeness (QED) is 0.146. The number of piperazine rings is 1. The van der Waals surface area contributed by atoms with Crippen LogP contribution in [0.15, 0.2) is 47.7 Å². The van der Waals surface area contributed by atoms with Gasteiger partial charge in [0.15, 0.2) is 5.65 Å². The number of carbonyl (C=O) groups is 3. The first-order chi connectivity index (χ1) is 30.4. The highest BCUT2D eigenvalue weighted by molar-refractivity contribution is 6.08. The molecule has 3 N–H and O–H groups in total. The maximum Gasteiger partial charge on any atom is 0.329 e. The van der Waals surface area contributed by atoms with Crippen molar-refractivity contribution >= 4 is 40.1 Å². The van der Waals surface area contributed by atoms with Crippen LogP contribution in [0, 0.1) is 23.7 Å². The van der Waals surface area contributed by atoms with Crippen LogP contribution in [0.3, 0.4) is 0 Å². The zero-order chi connectivity index (χ0) is 43.6. The third kappa shape index (κ3) is 7.98. The number of aromatic nitrogens is 7. The summed E-state index contributed by atoms with van der Waals surface area (Å²) in [5.74, 6) is 6.89. The molecule has 5 aliphatic rings. The summed E-state index contributed by atoms with van der Waals surface area (Å²) in [6, 6.07) is 7.02. The van der Waals surface area contributed by atoms with E-state index in [9.17, 15) is 24.3 Å². The Hall–Kier alpha value is -5.67. The average molecular weight is 858 g/mol. The van der Waals surface area contributed by atoms with E-state index in [0.717, 1.165) is 89.1 Å². The molecule has 17 heteroatoms. The number of para-hydroxylation sites is 1. The van der Waals surface area contributed by atoms with Gasteiger partial charge < -0.3 is 20.1 Å². The normalized spacial score (nSPS) is 25.7. The molecule has 330 valence electrons. The Morgan fingerprint density at radius 1 is 1.03 bits per heavy atom. The number of hydrogen-bond donors (Lipinski definition) is 3. The predicted octanol–water partition coefficient (Wildman–Crippen LogP) is 3.33. The van der Waals surface area contributed by atoms with E-state index in [1.54, 1.807) is 36.2 Å². The number of aliphatic hydroxyl groups is 1. The number of benzene rings is 1. The predicted molar refractivity (Wildman–Crippen MR) is 233 cm³/mol. The summed E-state index contributed by atoms with van der Waals surface area (Å²) >= 11 is 0. The molecule has 0 radical (unpaired) electrons. The summed E-state index contributed by atoms with van der Waals surface area (Å²) in [5.41, 5.74) is 3.27. The lowest BCUT2D eigenvalue weighted by Crippen LogP contribution is -2.48. The lowest BCUT2D eigenvalue weighted by Gasteiger charge is -2.37. The van der Waals surface area contributed by atoms with Crippen molar-refractivity contribution in [3.63, 3.8) is 0 Å². The zero-order valence-corrected chi connectivity index (χ0v) is 36.1. The van der Waals surface area contributed by atoms with E-state index in [4.69, 9.17) is 14.8 Å². The zero-order valence-electron chi connectivity index (χ0n) is 36.1. The minimum absolute atomic E-state index is 0.166. The molecular weight excluding hydrogens is 803 g/mol. The summed E-state index contributed by atoms with van der Waals surface area (Å²) < 4.78 is 12.4. The van der Waals surface area contributed by atoms with Gasteiger partial charge in [-0.05, 0) is 88.8 Å². The van der Waals surface area contributed by atoms with Crippen LogP contribution < -0.4 is 16.3 Å². The standard InChI is InChI=1S/C46H55N11O6/c1-46(2,62)41-36(49-43(59)34-24-47-55-17-15-35(48-42(34)55)33-23-32-22-30(33)27-63-32)26-56(51-41)31-11-9-28(10-12-31)25-54-20-18-53(19-21-54)16-5-7-29-6-4-8-37-40(29)52(3)45(61)57(37)38-13-14-39(58)50-44(38)60/h4,6,8,15,17,24,26,28,30-33,38,62H,9-14,16,18-23,25,27H2,1-3H3,(H,49,59)(H,50,58,60)/t28?,30-,31?,32-,33?,38?/m1/s1. The first kappa shape index (κ1) is 41.3. The van der Waals surface area contributed by atoms with E-state index in [0.29, 0.717) is 64.0 Å². The van der Waals surface area contributed by atoms with Crippen molar-refractivity contribution in [3.05, 3.63) is 75.9 Å². The summed E-state index contributed by atoms with van der Waals surface area (Å²) in [5, 5.41) is 25.8. The molecule has 3 amide bonds. The molecule has 4 atom stereocenters. The summed E-state index contributed by atoms with van der Waals surface area (Å²) in [6.45, 7) is 9.59. The first-order valence-electron chi connectivity index (χ1n) is 22.4. The van der Waals surface area contributed by atoms with Crippen LogP contribution in [0.5, 0.6) is 0 Å². The Kier molecular flexibility index (Phi) is 10.8. The van der Waals surface area contributed by atoms with Gasteiger partial charge in [-0.3, -0.25) is 38.4 Å². The van der Waals surface area contributed by atoms with Gasteiger partial charge in [0, 0.05) is 70.2 Å². The molecule has 5 fully saturated rings. The first-order valence-corrected chi connectivity index (χ1v) is 22.4. The van der Waals surface area contributed by atoms with Gasteiger partial charge in [0.25, 0.3) is 5.91 Å². The molecule has 2 unspecified atom stereocenters. The van der Waals surface area contributed by atoms with Gasteiger partial charge in [-0.15, -0.1) is 0 Å². The molecule has 2 saturated carbocycles. The van der Waals surface area contributed by atoms with Crippen molar-refractivity contribution in [2.75, 3.05) is 51.2 Å². The maximum absolute atomic E-state index is 13.8. The SMILES string of the molecule is Cn1c(=O)n(C2CCC(=O)NC2=O)c2cccc(C#CCN3CCN(CC4CCC(n5cc(NC(=O)c6cnn7ccc(C8C[C@H]9C[C@@H]8CO9)nc67)c(C(C)(C)O)n5)CC4)CC3)c21. The Morgan fingerprint density at radius 2 is 1.83 bits per heavy atom. The number of anilines is 1. The molecule has 63 heavy (non-hydrogen) atoms. The van der Waals surface area contributed by atoms with Crippen LogP contribution in [0.4, 0.5) is 5.69 Å². The molecule has 10 rings (SSSR count). The molecule has 1 aromatic carbocycles. The topological polar surface area (TPSA) is 186 Å². The van der Waals surface area contributed by atoms with E-state index >= 15 is 0 Å². The third-order valence-corrected chi connectivity index (χ3v) is 14.1. The van der Waals surface area contributed by atoms with Crippen molar-refractivity contribution in [3.8, 4) is 11.8 Å². The van der Waals surface area contributed by atoms with Gasteiger partial charge in [0.05, 0.1) is 53.8 Å². The number of hydrogen-bond acceptors (Lipinski definition) is 11. The second-order valence-electron chi connectivity index (χ2n) is 18.8. The molecule has 17 nitrogen and oxygen atoms in total. The molecule has 3 aliphatic heterocycles. The van der Waals surface area contributed by atoms with Crippen LogP contribution in [0.2, 0.25) is 0 Å². The smallest absolute Gasteiger partial charge is 0.329 e.